The van der Waals surface area contributed by atoms with Crippen LogP contribution in [0.5, 0.6) is 0 Å². The zero-order chi connectivity index (χ0) is 17.1. The third-order valence-corrected chi connectivity index (χ3v) is 4.02. The molecule has 3 amide bonds. The molecule has 0 radical (unpaired) electrons. The van der Waals surface area contributed by atoms with E-state index in [1.807, 2.05) is 0 Å². The number of hydrogen-bond donors (Lipinski definition) is 2. The van der Waals surface area contributed by atoms with Gasteiger partial charge in [-0.05, 0) is 36.4 Å². The van der Waals surface area contributed by atoms with Crippen LogP contribution < -0.4 is 15.8 Å². The maximum Gasteiger partial charge on any atom is 0.283 e. The number of anilines is 1. The highest BCUT2D eigenvalue weighted by Gasteiger charge is 2.39. The first kappa shape index (κ1) is 16.3. The highest BCUT2D eigenvalue weighted by Crippen LogP contribution is 2.24. The second-order valence-electron chi connectivity index (χ2n) is 5.11. The van der Waals surface area contributed by atoms with Crippen LogP contribution in [0, 0.1) is 0 Å². The van der Waals surface area contributed by atoms with Crippen LogP contribution in [0.3, 0.4) is 0 Å². The Hall–Kier alpha value is -2.58. The van der Waals surface area contributed by atoms with E-state index in [1.54, 1.807) is 42.5 Å². The Kier molecular flexibility index (Phi) is 4.68. The van der Waals surface area contributed by atoms with Crippen molar-refractivity contribution in [2.75, 3.05) is 4.90 Å². The lowest BCUT2D eigenvalue weighted by Gasteiger charge is -2.16. The lowest BCUT2D eigenvalue weighted by atomic mass is 10.2. The van der Waals surface area contributed by atoms with Gasteiger partial charge in [0.05, 0.1) is 12.1 Å². The summed E-state index contributed by atoms with van der Waals surface area (Å²) in [6, 6.07) is 11.0. The summed E-state index contributed by atoms with van der Waals surface area (Å²) in [6.07, 6.45) is 1.46. The molecule has 8 heteroatoms. The van der Waals surface area contributed by atoms with Crippen molar-refractivity contribution in [2.24, 2.45) is 0 Å². The molecule has 1 aliphatic rings. The Bertz CT molecular complexity index is 780. The van der Waals surface area contributed by atoms with E-state index in [0.717, 1.165) is 9.37 Å². The average molecular weight is 389 g/mol. The van der Waals surface area contributed by atoms with Crippen molar-refractivity contribution in [1.29, 1.82) is 0 Å². The molecular formula is C16H13BrN4O3. The average Bonchev–Trinajstić information content (AvgIpc) is 2.88. The molecule has 1 saturated heterocycles. The molecule has 2 N–H and O–H groups in total. The van der Waals surface area contributed by atoms with Crippen molar-refractivity contribution in [3.8, 4) is 0 Å². The highest BCUT2D eigenvalue weighted by atomic mass is 79.9. The summed E-state index contributed by atoms with van der Waals surface area (Å²) < 4.78 is 0.850. The normalized spacial score (nSPS) is 17.2. The molecule has 1 aliphatic heterocycles. The Morgan fingerprint density at radius 2 is 1.92 bits per heavy atom. The van der Waals surface area contributed by atoms with E-state index in [0.29, 0.717) is 5.69 Å². The molecule has 0 spiro atoms. The number of pyridine rings is 1. The minimum absolute atomic E-state index is 0.0304. The number of rotatable bonds is 4. The number of benzene rings is 1. The van der Waals surface area contributed by atoms with E-state index in [2.05, 4.69) is 31.8 Å². The monoisotopic (exact) mass is 388 g/mol. The fourth-order valence-electron chi connectivity index (χ4n) is 2.32. The van der Waals surface area contributed by atoms with Crippen molar-refractivity contribution < 1.29 is 14.4 Å². The lowest BCUT2D eigenvalue weighted by Crippen LogP contribution is -2.48. The van der Waals surface area contributed by atoms with Crippen LogP contribution >= 0.6 is 15.9 Å². The van der Waals surface area contributed by atoms with Gasteiger partial charge >= 0.3 is 0 Å². The van der Waals surface area contributed by atoms with Gasteiger partial charge in [0.15, 0.2) is 0 Å². The lowest BCUT2D eigenvalue weighted by molar-refractivity contribution is -0.121. The Morgan fingerprint density at radius 1 is 1.17 bits per heavy atom. The first-order chi connectivity index (χ1) is 11.6. The number of hydrazine groups is 1. The van der Waals surface area contributed by atoms with Gasteiger partial charge in [0.2, 0.25) is 5.91 Å². The predicted octanol–water partition coefficient (Wildman–Crippen LogP) is 1.41. The molecule has 0 saturated carbocycles. The fraction of sp³-hybridized carbons (Fsp3) is 0.125. The SMILES string of the molecule is O=C(NN[C@@H]1CC(=O)N(c2ccc(Br)cc2)C1=O)c1ccccn1. The summed E-state index contributed by atoms with van der Waals surface area (Å²) in [6.45, 7) is 0. The van der Waals surface area contributed by atoms with E-state index in [1.165, 1.54) is 6.20 Å². The van der Waals surface area contributed by atoms with Gasteiger partial charge in [-0.25, -0.2) is 10.3 Å². The van der Waals surface area contributed by atoms with Crippen molar-refractivity contribution in [3.05, 3.63) is 58.8 Å². The van der Waals surface area contributed by atoms with Crippen LogP contribution in [0.4, 0.5) is 5.69 Å². The molecule has 122 valence electrons. The van der Waals surface area contributed by atoms with Gasteiger partial charge in [-0.15, -0.1) is 0 Å². The molecule has 24 heavy (non-hydrogen) atoms. The fourth-order valence-corrected chi connectivity index (χ4v) is 2.58. The molecule has 0 bridgehead atoms. The standard InChI is InChI=1S/C16H13BrN4O3/c17-10-4-6-11(7-5-10)21-14(22)9-13(16(21)24)19-20-15(23)12-3-1-2-8-18-12/h1-8,13,19H,9H2,(H,20,23)/t13-/m1/s1. The topological polar surface area (TPSA) is 91.4 Å². The van der Waals surface area contributed by atoms with Gasteiger partial charge in [-0.3, -0.25) is 24.8 Å². The zero-order valence-electron chi connectivity index (χ0n) is 12.4. The Labute approximate surface area is 146 Å². The molecule has 1 atom stereocenters. The van der Waals surface area contributed by atoms with E-state index in [9.17, 15) is 14.4 Å². The van der Waals surface area contributed by atoms with Gasteiger partial charge in [-0.2, -0.15) is 0 Å². The number of halogens is 1. The quantitative estimate of drug-likeness (QED) is 0.610. The summed E-state index contributed by atoms with van der Waals surface area (Å²) in [5, 5.41) is 0. The van der Waals surface area contributed by atoms with Crippen LogP contribution in [0.2, 0.25) is 0 Å². The molecule has 2 heterocycles. The van der Waals surface area contributed by atoms with Crippen molar-refractivity contribution in [1.82, 2.24) is 15.8 Å². The number of imide groups is 1. The molecule has 1 aromatic heterocycles. The maximum atomic E-state index is 12.4. The van der Waals surface area contributed by atoms with E-state index >= 15 is 0 Å². The van der Waals surface area contributed by atoms with Crippen LogP contribution in [0.25, 0.3) is 0 Å². The van der Waals surface area contributed by atoms with Crippen molar-refractivity contribution in [2.45, 2.75) is 12.5 Å². The number of carbonyl (C=O) groups excluding carboxylic acids is 3. The summed E-state index contributed by atoms with van der Waals surface area (Å²) in [4.78, 5) is 41.5. The van der Waals surface area contributed by atoms with Crippen molar-refractivity contribution in [3.63, 3.8) is 0 Å². The number of amides is 3. The third kappa shape index (κ3) is 3.34. The minimum atomic E-state index is -0.811. The highest BCUT2D eigenvalue weighted by molar-refractivity contribution is 9.10. The molecular weight excluding hydrogens is 376 g/mol. The van der Waals surface area contributed by atoms with Gasteiger partial charge in [-0.1, -0.05) is 22.0 Å². The smallest absolute Gasteiger partial charge is 0.283 e. The van der Waals surface area contributed by atoms with Crippen LogP contribution in [0.15, 0.2) is 53.1 Å². The van der Waals surface area contributed by atoms with Crippen molar-refractivity contribution >= 4 is 39.3 Å². The van der Waals surface area contributed by atoms with Gasteiger partial charge in [0, 0.05) is 10.7 Å². The number of nitrogens with zero attached hydrogens (tertiary/aromatic N) is 2. The minimum Gasteiger partial charge on any atom is -0.285 e. The molecule has 3 rings (SSSR count). The van der Waals surface area contributed by atoms with Crippen LogP contribution in [-0.2, 0) is 9.59 Å². The van der Waals surface area contributed by atoms with Gasteiger partial charge < -0.3 is 0 Å². The van der Waals surface area contributed by atoms with Crippen LogP contribution in [-0.4, -0.2) is 28.7 Å². The molecule has 0 unspecified atom stereocenters. The number of hydrogen-bond acceptors (Lipinski definition) is 5. The first-order valence-corrected chi connectivity index (χ1v) is 7.95. The summed E-state index contributed by atoms with van der Waals surface area (Å²) in [5.41, 5.74) is 5.73. The summed E-state index contributed by atoms with van der Waals surface area (Å²) >= 11 is 3.30. The second kappa shape index (κ2) is 6.90. The maximum absolute atomic E-state index is 12.4. The van der Waals surface area contributed by atoms with Gasteiger partial charge in [0.25, 0.3) is 11.8 Å². The molecule has 1 aromatic carbocycles. The largest absolute Gasteiger partial charge is 0.285 e. The molecule has 1 fully saturated rings. The second-order valence-corrected chi connectivity index (χ2v) is 6.03. The molecule has 2 aromatic rings. The molecule has 7 nitrogen and oxygen atoms in total. The Balaban J connectivity index is 1.66. The van der Waals surface area contributed by atoms with E-state index < -0.39 is 17.9 Å². The number of nitrogens with one attached hydrogen (secondary N) is 2. The number of carbonyl (C=O) groups is 3. The van der Waals surface area contributed by atoms with E-state index in [-0.39, 0.29) is 18.0 Å². The van der Waals surface area contributed by atoms with Crippen LogP contribution in [0.1, 0.15) is 16.9 Å². The van der Waals surface area contributed by atoms with E-state index in [4.69, 9.17) is 0 Å². The zero-order valence-corrected chi connectivity index (χ0v) is 14.0. The predicted molar refractivity (Wildman–Crippen MR) is 89.9 cm³/mol. The third-order valence-electron chi connectivity index (χ3n) is 3.49. The first-order valence-electron chi connectivity index (χ1n) is 7.15. The molecule has 0 aliphatic carbocycles. The summed E-state index contributed by atoms with van der Waals surface area (Å²) in [7, 11) is 0. The van der Waals surface area contributed by atoms with Gasteiger partial charge in [0.1, 0.15) is 11.7 Å². The Morgan fingerprint density at radius 3 is 2.58 bits per heavy atom. The number of aromatic nitrogens is 1. The summed E-state index contributed by atoms with van der Waals surface area (Å²) in [5.74, 6) is -1.21.